The third kappa shape index (κ3) is 32.6. The fourth-order valence-corrected chi connectivity index (χ4v) is 2.51. The maximum absolute atomic E-state index is 11.5. The highest BCUT2D eigenvalue weighted by Gasteiger charge is 2.15. The Kier molecular flexibility index (Phi) is 27.7. The van der Waals surface area contributed by atoms with Crippen LogP contribution >= 0.6 is 0 Å². The van der Waals surface area contributed by atoms with Crippen LogP contribution in [0.1, 0.15) is 20.8 Å². The summed E-state index contributed by atoms with van der Waals surface area (Å²) >= 11 is 0. The number of carbonyl (C=O) groups is 2. The number of hydrogen-bond donors (Lipinski definition) is 1. The number of nitrogens with one attached hydrogen (secondary N) is 1. The van der Waals surface area contributed by atoms with Gasteiger partial charge in [0.25, 0.3) is 0 Å². The molecule has 0 aliphatic carbocycles. The Morgan fingerprint density at radius 3 is 1.10 bits per heavy atom. The number of esters is 1. The van der Waals surface area contributed by atoms with Crippen molar-refractivity contribution in [1.29, 1.82) is 0 Å². The molecule has 238 valence electrons. The molecule has 0 fully saturated rings. The molecule has 0 aliphatic heterocycles. The molecule has 0 spiro atoms. The quantitative estimate of drug-likeness (QED) is 0.0977. The molecular weight excluding hydrogens is 534 g/mol. The molecule has 0 aromatic carbocycles. The lowest BCUT2D eigenvalue weighted by Gasteiger charge is -2.19. The smallest absolute Gasteiger partial charge is 0.407 e. The molecule has 0 rings (SSSR count). The van der Waals surface area contributed by atoms with Crippen LogP contribution in [0.4, 0.5) is 4.79 Å². The number of ether oxygens (including phenoxy) is 11. The average molecular weight is 586 g/mol. The molecule has 0 radical (unpaired) electrons. The molecule has 0 saturated heterocycles. The Bertz CT molecular complexity index is 575. The van der Waals surface area contributed by atoms with Gasteiger partial charge in [-0.3, -0.25) is 0 Å². The zero-order valence-corrected chi connectivity index (χ0v) is 24.7. The molecule has 40 heavy (non-hydrogen) atoms. The predicted molar refractivity (Wildman–Crippen MR) is 144 cm³/mol. The molecule has 0 aliphatic rings. The summed E-state index contributed by atoms with van der Waals surface area (Å²) in [6.45, 7) is 13.4. The largest absolute Gasteiger partial charge is 0.467 e. The van der Waals surface area contributed by atoms with Crippen molar-refractivity contribution in [2.24, 2.45) is 0 Å². The first-order valence-electron chi connectivity index (χ1n) is 13.6. The van der Waals surface area contributed by atoms with Crippen LogP contribution in [0.25, 0.3) is 0 Å². The van der Waals surface area contributed by atoms with Gasteiger partial charge in [-0.1, -0.05) is 0 Å². The number of amides is 1. The maximum atomic E-state index is 11.5. The molecule has 1 N–H and O–H groups in total. The van der Waals surface area contributed by atoms with Gasteiger partial charge in [-0.05, 0) is 20.8 Å². The van der Waals surface area contributed by atoms with Crippen LogP contribution < -0.4 is 5.32 Å². The molecule has 0 aromatic heterocycles. The van der Waals surface area contributed by atoms with E-state index in [1.54, 1.807) is 0 Å². The van der Waals surface area contributed by atoms with Crippen LogP contribution in [-0.4, -0.2) is 150 Å². The SMILES string of the molecule is COC(=O)COCCOCCOCCOCCOCCOCCOCCOCCOCCNC(=O)OC(C)(C)C. The third-order valence-corrected chi connectivity index (χ3v) is 4.34. The van der Waals surface area contributed by atoms with Gasteiger partial charge in [0.05, 0.1) is 119 Å². The maximum Gasteiger partial charge on any atom is 0.407 e. The Morgan fingerprint density at radius 1 is 0.500 bits per heavy atom. The van der Waals surface area contributed by atoms with E-state index in [-0.39, 0.29) is 6.61 Å². The van der Waals surface area contributed by atoms with Gasteiger partial charge >= 0.3 is 12.1 Å². The van der Waals surface area contributed by atoms with Crippen LogP contribution in [0, 0.1) is 0 Å². The fourth-order valence-electron chi connectivity index (χ4n) is 2.51. The van der Waals surface area contributed by atoms with Crippen LogP contribution in [-0.2, 0) is 56.9 Å². The van der Waals surface area contributed by atoms with Crippen molar-refractivity contribution in [3.8, 4) is 0 Å². The second-order valence-corrected chi connectivity index (χ2v) is 8.96. The van der Waals surface area contributed by atoms with E-state index in [1.807, 2.05) is 20.8 Å². The van der Waals surface area contributed by atoms with E-state index in [0.717, 1.165) is 0 Å². The molecule has 0 atom stereocenters. The molecular formula is C26H51NO13. The standard InChI is InChI=1S/C26H51NO13/c1-26(2,3)40-25(29)27-5-6-31-7-8-32-9-10-33-11-12-34-13-14-35-15-16-36-17-18-37-19-20-38-21-22-39-23-24(28)30-4/h5-23H2,1-4H3,(H,27,29). The normalized spacial score (nSPS) is 11.5. The molecule has 0 unspecified atom stereocenters. The summed E-state index contributed by atoms with van der Waals surface area (Å²) in [5.41, 5.74) is -0.512. The van der Waals surface area contributed by atoms with Crippen molar-refractivity contribution in [1.82, 2.24) is 5.32 Å². The van der Waals surface area contributed by atoms with Crippen molar-refractivity contribution in [3.05, 3.63) is 0 Å². The minimum Gasteiger partial charge on any atom is -0.467 e. The fraction of sp³-hybridized carbons (Fsp3) is 0.923. The zero-order valence-electron chi connectivity index (χ0n) is 24.7. The molecule has 14 heteroatoms. The van der Waals surface area contributed by atoms with E-state index < -0.39 is 17.7 Å². The molecule has 1 amide bonds. The summed E-state index contributed by atoms with van der Waals surface area (Å²) in [5.74, 6) is -0.411. The Balaban J connectivity index is 3.11. The Labute approximate surface area is 238 Å². The third-order valence-electron chi connectivity index (χ3n) is 4.34. The summed E-state index contributed by atoms with van der Waals surface area (Å²) in [6.07, 6.45) is -0.456. The minimum atomic E-state index is -0.512. The van der Waals surface area contributed by atoms with Gasteiger partial charge in [-0.2, -0.15) is 0 Å². The van der Waals surface area contributed by atoms with Gasteiger partial charge in [0.15, 0.2) is 0 Å². The number of methoxy groups -OCH3 is 1. The van der Waals surface area contributed by atoms with Crippen LogP contribution in [0.2, 0.25) is 0 Å². The van der Waals surface area contributed by atoms with Gasteiger partial charge < -0.3 is 57.4 Å². The molecule has 0 aromatic rings. The summed E-state index contributed by atoms with van der Waals surface area (Å²) in [6, 6.07) is 0. The van der Waals surface area contributed by atoms with E-state index in [1.165, 1.54) is 7.11 Å². The van der Waals surface area contributed by atoms with Crippen LogP contribution in [0.3, 0.4) is 0 Å². The first kappa shape index (κ1) is 38.4. The van der Waals surface area contributed by atoms with Crippen molar-refractivity contribution in [3.63, 3.8) is 0 Å². The van der Waals surface area contributed by atoms with Gasteiger partial charge in [-0.25, -0.2) is 9.59 Å². The van der Waals surface area contributed by atoms with E-state index in [4.69, 9.17) is 47.4 Å². The van der Waals surface area contributed by atoms with E-state index >= 15 is 0 Å². The topological polar surface area (TPSA) is 148 Å². The lowest BCUT2D eigenvalue weighted by molar-refractivity contribution is -0.146. The van der Waals surface area contributed by atoms with Crippen molar-refractivity contribution in [2.75, 3.05) is 133 Å². The molecule has 14 nitrogen and oxygen atoms in total. The molecule has 0 bridgehead atoms. The Hall–Kier alpha value is -1.62. The Morgan fingerprint density at radius 2 is 0.800 bits per heavy atom. The lowest BCUT2D eigenvalue weighted by atomic mass is 10.2. The van der Waals surface area contributed by atoms with E-state index in [9.17, 15) is 9.59 Å². The van der Waals surface area contributed by atoms with Gasteiger partial charge in [-0.15, -0.1) is 0 Å². The van der Waals surface area contributed by atoms with E-state index in [0.29, 0.717) is 119 Å². The minimum absolute atomic E-state index is 0.0732. The van der Waals surface area contributed by atoms with E-state index in [2.05, 4.69) is 10.1 Å². The molecule has 0 saturated carbocycles. The second-order valence-electron chi connectivity index (χ2n) is 8.96. The summed E-state index contributed by atoms with van der Waals surface area (Å²) < 4.78 is 57.8. The number of carbonyl (C=O) groups excluding carboxylic acids is 2. The van der Waals surface area contributed by atoms with Crippen LogP contribution in [0.5, 0.6) is 0 Å². The van der Waals surface area contributed by atoms with Gasteiger partial charge in [0.1, 0.15) is 12.2 Å². The second kappa shape index (κ2) is 28.9. The lowest BCUT2D eigenvalue weighted by Crippen LogP contribution is -2.34. The van der Waals surface area contributed by atoms with Crippen molar-refractivity contribution in [2.45, 2.75) is 26.4 Å². The highest BCUT2D eigenvalue weighted by Crippen LogP contribution is 2.06. The predicted octanol–water partition coefficient (Wildman–Crippen LogP) is 0.834. The van der Waals surface area contributed by atoms with Gasteiger partial charge in [0, 0.05) is 6.54 Å². The van der Waals surface area contributed by atoms with Gasteiger partial charge in [0.2, 0.25) is 0 Å². The number of hydrogen-bond acceptors (Lipinski definition) is 13. The van der Waals surface area contributed by atoms with Crippen molar-refractivity contribution < 1.29 is 61.7 Å². The summed E-state index contributed by atoms with van der Waals surface area (Å²) in [5, 5.41) is 2.62. The molecule has 0 heterocycles. The zero-order chi connectivity index (χ0) is 29.6. The first-order chi connectivity index (χ1) is 19.3. The first-order valence-corrected chi connectivity index (χ1v) is 13.6. The highest BCUT2D eigenvalue weighted by molar-refractivity contribution is 5.70. The van der Waals surface area contributed by atoms with Crippen molar-refractivity contribution >= 4 is 12.1 Å². The summed E-state index contributed by atoms with van der Waals surface area (Å²) in [4.78, 5) is 22.3. The average Bonchev–Trinajstić information content (AvgIpc) is 2.91. The highest BCUT2D eigenvalue weighted by atomic mass is 16.6. The van der Waals surface area contributed by atoms with Crippen LogP contribution in [0.15, 0.2) is 0 Å². The summed E-state index contributed by atoms with van der Waals surface area (Å²) in [7, 11) is 1.31. The monoisotopic (exact) mass is 585 g/mol. The number of rotatable bonds is 29. The number of alkyl carbamates (subject to hydrolysis) is 1.